The third kappa shape index (κ3) is 7.07. The fraction of sp³-hybridized carbons (Fsp3) is 0.179. The fourth-order valence-corrected chi connectivity index (χ4v) is 5.25. The quantitative estimate of drug-likeness (QED) is 0.175. The topological polar surface area (TPSA) is 128 Å². The number of barbiturate groups is 1. The summed E-state index contributed by atoms with van der Waals surface area (Å²) < 4.78 is 42.7. The van der Waals surface area contributed by atoms with Crippen LogP contribution in [0.3, 0.4) is 0 Å². The molecule has 0 unspecified atom stereocenters. The molecule has 10 nitrogen and oxygen atoms in total. The molecular weight excluding hydrogens is 640 g/mol. The number of urea groups is 1. The average molecular weight is 664 g/mol. The van der Waals surface area contributed by atoms with E-state index < -0.39 is 33.5 Å². The van der Waals surface area contributed by atoms with Crippen molar-refractivity contribution in [2.45, 2.75) is 24.8 Å². The highest BCUT2D eigenvalue weighted by molar-refractivity contribution is 9.10. The van der Waals surface area contributed by atoms with Gasteiger partial charge >= 0.3 is 16.1 Å². The summed E-state index contributed by atoms with van der Waals surface area (Å²) in [6, 6.07) is 13.8. The van der Waals surface area contributed by atoms with Crippen LogP contribution >= 0.6 is 27.5 Å². The summed E-state index contributed by atoms with van der Waals surface area (Å²) >= 11 is 9.16. The van der Waals surface area contributed by atoms with Crippen LogP contribution in [0.1, 0.15) is 24.5 Å². The number of hydrogen-bond donors (Lipinski definition) is 1. The van der Waals surface area contributed by atoms with Crippen LogP contribution in [-0.2, 0) is 26.3 Å². The van der Waals surface area contributed by atoms with E-state index in [9.17, 15) is 22.8 Å². The van der Waals surface area contributed by atoms with Gasteiger partial charge < -0.3 is 13.7 Å². The third-order valence-electron chi connectivity index (χ3n) is 5.79. The van der Waals surface area contributed by atoms with E-state index in [-0.39, 0.29) is 22.8 Å². The van der Waals surface area contributed by atoms with Crippen molar-refractivity contribution >= 4 is 61.6 Å². The summed E-state index contributed by atoms with van der Waals surface area (Å²) in [5.41, 5.74) is 0.249. The van der Waals surface area contributed by atoms with Crippen molar-refractivity contribution in [3.63, 3.8) is 0 Å². The number of benzene rings is 3. The first kappa shape index (κ1) is 30.1. The maximum absolute atomic E-state index is 13.4. The Morgan fingerprint density at radius 2 is 1.68 bits per heavy atom. The number of nitrogens with one attached hydrogen (secondary N) is 1. The van der Waals surface area contributed by atoms with Gasteiger partial charge in [0.1, 0.15) is 16.2 Å². The number of halogens is 2. The number of carbonyl (C=O) groups is 3. The van der Waals surface area contributed by atoms with Crippen LogP contribution < -0.4 is 19.0 Å². The molecular formula is C28H24BrClN2O8S. The van der Waals surface area contributed by atoms with Gasteiger partial charge in [-0.2, -0.15) is 8.42 Å². The van der Waals surface area contributed by atoms with Gasteiger partial charge in [0, 0.05) is 15.1 Å². The number of rotatable bonds is 10. The molecule has 1 aliphatic rings. The highest BCUT2D eigenvalue weighted by Gasteiger charge is 2.36. The summed E-state index contributed by atoms with van der Waals surface area (Å²) in [5, 5.41) is 2.50. The van der Waals surface area contributed by atoms with Gasteiger partial charge in [0.05, 0.1) is 20.3 Å². The Kier molecular flexibility index (Phi) is 9.36. The zero-order valence-electron chi connectivity index (χ0n) is 21.8. The van der Waals surface area contributed by atoms with E-state index in [2.05, 4.69) is 21.2 Å². The van der Waals surface area contributed by atoms with E-state index in [4.69, 9.17) is 25.3 Å². The second kappa shape index (κ2) is 12.8. The Bertz CT molecular complexity index is 1640. The second-order valence-corrected chi connectivity index (χ2v) is 11.6. The van der Waals surface area contributed by atoms with Crippen molar-refractivity contribution in [3.05, 3.63) is 86.9 Å². The van der Waals surface area contributed by atoms with Gasteiger partial charge in [-0.3, -0.25) is 19.8 Å². The van der Waals surface area contributed by atoms with E-state index in [1.165, 1.54) is 49.6 Å². The van der Waals surface area contributed by atoms with Crippen molar-refractivity contribution in [3.8, 4) is 17.2 Å². The molecule has 1 fully saturated rings. The lowest BCUT2D eigenvalue weighted by molar-refractivity contribution is -0.130. The molecule has 1 heterocycles. The van der Waals surface area contributed by atoms with E-state index >= 15 is 0 Å². The molecule has 41 heavy (non-hydrogen) atoms. The molecule has 4 rings (SSSR count). The Morgan fingerprint density at radius 3 is 2.37 bits per heavy atom. The molecule has 4 amide bonds. The lowest BCUT2D eigenvalue weighted by Gasteiger charge is -2.26. The molecule has 0 spiro atoms. The normalized spacial score (nSPS) is 14.7. The molecule has 1 saturated heterocycles. The highest BCUT2D eigenvalue weighted by atomic mass is 79.9. The molecule has 1 N–H and O–H groups in total. The Hall–Kier alpha value is -3.87. The molecule has 0 aliphatic carbocycles. The molecule has 0 bridgehead atoms. The number of amides is 4. The van der Waals surface area contributed by atoms with Gasteiger partial charge in [0.25, 0.3) is 11.8 Å². The van der Waals surface area contributed by atoms with E-state index in [1.54, 1.807) is 18.2 Å². The molecule has 0 aromatic heterocycles. The van der Waals surface area contributed by atoms with Gasteiger partial charge in [-0.15, -0.1) is 0 Å². The van der Waals surface area contributed by atoms with Crippen molar-refractivity contribution in [2.24, 2.45) is 0 Å². The molecule has 214 valence electrons. The Labute approximate surface area is 250 Å². The van der Waals surface area contributed by atoms with Gasteiger partial charge in [0.2, 0.25) is 0 Å². The molecule has 0 radical (unpaired) electrons. The number of hydrogen-bond acceptors (Lipinski definition) is 8. The van der Waals surface area contributed by atoms with E-state index in [1.807, 2.05) is 6.92 Å². The number of nitrogens with zero attached hydrogens (tertiary/aromatic N) is 1. The zero-order chi connectivity index (χ0) is 29.7. The van der Waals surface area contributed by atoms with Gasteiger partial charge in [0.15, 0.2) is 11.5 Å². The number of ether oxygens (including phenoxy) is 2. The highest BCUT2D eigenvalue weighted by Crippen LogP contribution is 2.31. The first-order chi connectivity index (χ1) is 19.5. The van der Waals surface area contributed by atoms with Crippen LogP contribution in [-0.4, -0.2) is 44.9 Å². The van der Waals surface area contributed by atoms with Crippen LogP contribution in [0.5, 0.6) is 17.2 Å². The van der Waals surface area contributed by atoms with Crippen molar-refractivity contribution in [2.75, 3.05) is 13.7 Å². The van der Waals surface area contributed by atoms with Crippen LogP contribution in [0, 0.1) is 0 Å². The average Bonchev–Trinajstić information content (AvgIpc) is 2.94. The van der Waals surface area contributed by atoms with E-state index in [0.29, 0.717) is 33.2 Å². The minimum Gasteiger partial charge on any atom is -0.493 e. The summed E-state index contributed by atoms with van der Waals surface area (Å²) in [7, 11) is -2.81. The molecule has 0 atom stereocenters. The van der Waals surface area contributed by atoms with Crippen LogP contribution in [0.4, 0.5) is 4.79 Å². The van der Waals surface area contributed by atoms with Crippen LogP contribution in [0.15, 0.2) is 75.6 Å². The Balaban J connectivity index is 1.65. The third-order valence-corrected chi connectivity index (χ3v) is 7.78. The van der Waals surface area contributed by atoms with Crippen molar-refractivity contribution < 1.29 is 36.5 Å². The van der Waals surface area contributed by atoms with Gasteiger partial charge in [-0.25, -0.2) is 4.79 Å². The number of carbonyl (C=O) groups excluding carboxylic acids is 3. The van der Waals surface area contributed by atoms with E-state index in [0.717, 1.165) is 17.4 Å². The fourth-order valence-electron chi connectivity index (χ4n) is 3.79. The standard InChI is InChI=1S/C28H24BrClN2O8S/c1-3-12-39-24-10-4-17(13-25(24)38-2)16-32-27(34)22(26(33)31-28(32)35)15-18-14-19(29)5-11-23(18)40-41(36,37)21-8-6-20(30)7-9-21/h4-11,13-15H,3,12,16H2,1-2H3,(H,31,33,35)/b22-15+. The maximum Gasteiger partial charge on any atom is 0.339 e. The van der Waals surface area contributed by atoms with Gasteiger partial charge in [-0.05, 0) is 72.7 Å². The summed E-state index contributed by atoms with van der Waals surface area (Å²) in [5.74, 6) is -1.03. The predicted molar refractivity (Wildman–Crippen MR) is 154 cm³/mol. The molecule has 0 saturated carbocycles. The Morgan fingerprint density at radius 1 is 0.976 bits per heavy atom. The number of methoxy groups -OCH3 is 1. The molecule has 3 aromatic rings. The van der Waals surface area contributed by atoms with Gasteiger partial charge in [-0.1, -0.05) is 40.5 Å². The first-order valence-corrected chi connectivity index (χ1v) is 14.8. The number of imide groups is 2. The summed E-state index contributed by atoms with van der Waals surface area (Å²) in [4.78, 5) is 39.5. The SMILES string of the molecule is CCCOc1ccc(CN2C(=O)NC(=O)/C(=C\c3cc(Br)ccc3OS(=O)(=O)c3ccc(Cl)cc3)C2=O)cc1OC. The zero-order valence-corrected chi connectivity index (χ0v) is 25.0. The summed E-state index contributed by atoms with van der Waals surface area (Å²) in [6.07, 6.45) is 1.96. The summed E-state index contributed by atoms with van der Waals surface area (Å²) in [6.45, 7) is 2.28. The van der Waals surface area contributed by atoms with Crippen molar-refractivity contribution in [1.29, 1.82) is 0 Å². The maximum atomic E-state index is 13.4. The lowest BCUT2D eigenvalue weighted by atomic mass is 10.1. The van der Waals surface area contributed by atoms with Crippen LogP contribution in [0.2, 0.25) is 5.02 Å². The lowest BCUT2D eigenvalue weighted by Crippen LogP contribution is -2.53. The minimum absolute atomic E-state index is 0.101. The molecule has 13 heteroatoms. The predicted octanol–water partition coefficient (Wildman–Crippen LogP) is 5.33. The largest absolute Gasteiger partial charge is 0.493 e. The second-order valence-electron chi connectivity index (χ2n) is 8.72. The first-order valence-electron chi connectivity index (χ1n) is 12.2. The minimum atomic E-state index is -4.29. The van der Waals surface area contributed by atoms with Crippen LogP contribution in [0.25, 0.3) is 6.08 Å². The van der Waals surface area contributed by atoms with Crippen molar-refractivity contribution in [1.82, 2.24) is 10.2 Å². The monoisotopic (exact) mass is 662 g/mol. The molecule has 1 aliphatic heterocycles. The smallest absolute Gasteiger partial charge is 0.339 e. The molecule has 3 aromatic carbocycles.